The predicted molar refractivity (Wildman–Crippen MR) is 49.4 cm³/mol. The van der Waals surface area contributed by atoms with E-state index < -0.39 is 0 Å². The number of aromatic nitrogens is 1. The molecule has 2 nitrogen and oxygen atoms in total. The number of pyridine rings is 1. The topological polar surface area (TPSA) is 24.9 Å². The zero-order valence-corrected chi connectivity index (χ0v) is 7.73. The molecule has 0 spiro atoms. The summed E-state index contributed by atoms with van der Waals surface area (Å²) in [5, 5.41) is 3.86. The van der Waals surface area contributed by atoms with E-state index in [0.717, 1.165) is 18.5 Å². The van der Waals surface area contributed by atoms with Gasteiger partial charge in [0.15, 0.2) is 0 Å². The highest BCUT2D eigenvalue weighted by Crippen LogP contribution is 2.29. The third-order valence-electron chi connectivity index (χ3n) is 2.37. The first-order valence-electron chi connectivity index (χ1n) is 4.14. The van der Waals surface area contributed by atoms with Crippen LogP contribution in [0.25, 0.3) is 0 Å². The monoisotopic (exact) mass is 182 g/mol. The molecule has 1 unspecified atom stereocenters. The number of aryl methyl sites for hydroxylation is 1. The van der Waals surface area contributed by atoms with Gasteiger partial charge in [-0.3, -0.25) is 0 Å². The molecule has 0 amide bonds. The van der Waals surface area contributed by atoms with E-state index in [1.807, 2.05) is 13.1 Å². The van der Waals surface area contributed by atoms with E-state index in [2.05, 4.69) is 16.4 Å². The quantitative estimate of drug-likeness (QED) is 0.672. The maximum atomic E-state index is 5.78. The van der Waals surface area contributed by atoms with Gasteiger partial charge in [0.05, 0.1) is 0 Å². The van der Waals surface area contributed by atoms with Gasteiger partial charge < -0.3 is 5.32 Å². The number of hydrogen-bond acceptors (Lipinski definition) is 2. The Kier molecular flexibility index (Phi) is 2.03. The number of hydrogen-bond donors (Lipinski definition) is 1. The summed E-state index contributed by atoms with van der Waals surface area (Å²) in [6, 6.07) is 4.40. The summed E-state index contributed by atoms with van der Waals surface area (Å²) in [5.74, 6) is 0. The van der Waals surface area contributed by atoms with E-state index in [9.17, 15) is 0 Å². The molecule has 1 aromatic rings. The van der Waals surface area contributed by atoms with Crippen molar-refractivity contribution in [2.75, 3.05) is 7.05 Å². The van der Waals surface area contributed by atoms with Crippen molar-refractivity contribution in [3.05, 3.63) is 28.5 Å². The molecule has 0 bridgehead atoms. The van der Waals surface area contributed by atoms with Crippen LogP contribution in [-0.4, -0.2) is 12.0 Å². The van der Waals surface area contributed by atoms with Crippen LogP contribution in [0.5, 0.6) is 0 Å². The fraction of sp³-hybridized carbons (Fsp3) is 0.444. The van der Waals surface area contributed by atoms with Gasteiger partial charge in [0.2, 0.25) is 0 Å². The number of halogens is 1. The van der Waals surface area contributed by atoms with Crippen LogP contribution < -0.4 is 5.32 Å². The van der Waals surface area contributed by atoms with Crippen molar-refractivity contribution in [3.63, 3.8) is 0 Å². The summed E-state index contributed by atoms with van der Waals surface area (Å²) in [6.07, 6.45) is 2.18. The molecule has 1 aromatic heterocycles. The van der Waals surface area contributed by atoms with Crippen molar-refractivity contribution in [3.8, 4) is 0 Å². The molecule has 3 heteroatoms. The predicted octanol–water partition coefficient (Wildman–Crippen LogP) is 1.94. The molecule has 1 aliphatic carbocycles. The van der Waals surface area contributed by atoms with E-state index >= 15 is 0 Å². The third-order valence-corrected chi connectivity index (χ3v) is 2.58. The molecule has 0 fully saturated rings. The number of fused-ring (bicyclic) bond motifs is 1. The van der Waals surface area contributed by atoms with Gasteiger partial charge in [-0.05, 0) is 31.5 Å². The molecule has 1 heterocycles. The SMILES string of the molecule is CNC1CCc2nc(Cl)ccc21. The maximum Gasteiger partial charge on any atom is 0.129 e. The van der Waals surface area contributed by atoms with Crippen LogP contribution >= 0.6 is 11.6 Å². The highest BCUT2D eigenvalue weighted by Gasteiger charge is 2.21. The first-order valence-corrected chi connectivity index (χ1v) is 4.51. The maximum absolute atomic E-state index is 5.78. The molecule has 1 atom stereocenters. The van der Waals surface area contributed by atoms with Crippen LogP contribution in [0.4, 0.5) is 0 Å². The molecule has 1 aliphatic rings. The Morgan fingerprint density at radius 2 is 2.42 bits per heavy atom. The van der Waals surface area contributed by atoms with E-state index in [1.165, 1.54) is 5.56 Å². The molecule has 0 saturated heterocycles. The lowest BCUT2D eigenvalue weighted by molar-refractivity contribution is 0.590. The second-order valence-electron chi connectivity index (χ2n) is 3.05. The van der Waals surface area contributed by atoms with E-state index in [4.69, 9.17) is 11.6 Å². The van der Waals surface area contributed by atoms with Crippen molar-refractivity contribution in [2.24, 2.45) is 0 Å². The Labute approximate surface area is 77.0 Å². The molecule has 0 aromatic carbocycles. The van der Waals surface area contributed by atoms with E-state index in [-0.39, 0.29) is 0 Å². The van der Waals surface area contributed by atoms with Gasteiger partial charge in [0, 0.05) is 11.7 Å². The Balaban J connectivity index is 2.40. The molecule has 0 aliphatic heterocycles. The van der Waals surface area contributed by atoms with Gasteiger partial charge in [-0.2, -0.15) is 0 Å². The largest absolute Gasteiger partial charge is 0.313 e. The van der Waals surface area contributed by atoms with Crippen molar-refractivity contribution < 1.29 is 0 Å². The molecule has 0 radical (unpaired) electrons. The van der Waals surface area contributed by atoms with Crippen LogP contribution in [0.3, 0.4) is 0 Å². The summed E-state index contributed by atoms with van der Waals surface area (Å²) in [4.78, 5) is 4.28. The molecule has 64 valence electrons. The van der Waals surface area contributed by atoms with Crippen LogP contribution in [0.2, 0.25) is 5.15 Å². The smallest absolute Gasteiger partial charge is 0.129 e. The highest BCUT2D eigenvalue weighted by molar-refractivity contribution is 6.29. The summed E-state index contributed by atoms with van der Waals surface area (Å²) in [5.41, 5.74) is 2.46. The Hall–Kier alpha value is -0.600. The van der Waals surface area contributed by atoms with Gasteiger partial charge in [-0.25, -0.2) is 4.98 Å². The van der Waals surface area contributed by atoms with E-state index in [0.29, 0.717) is 11.2 Å². The minimum Gasteiger partial charge on any atom is -0.313 e. The van der Waals surface area contributed by atoms with Gasteiger partial charge in [-0.1, -0.05) is 17.7 Å². The van der Waals surface area contributed by atoms with E-state index in [1.54, 1.807) is 0 Å². The molecule has 12 heavy (non-hydrogen) atoms. The Morgan fingerprint density at radius 1 is 1.58 bits per heavy atom. The molecular formula is C9H11ClN2. The lowest BCUT2D eigenvalue weighted by Crippen LogP contribution is -2.12. The highest BCUT2D eigenvalue weighted by atomic mass is 35.5. The van der Waals surface area contributed by atoms with Gasteiger partial charge in [0.1, 0.15) is 5.15 Å². The van der Waals surface area contributed by atoms with Gasteiger partial charge in [-0.15, -0.1) is 0 Å². The van der Waals surface area contributed by atoms with Gasteiger partial charge >= 0.3 is 0 Å². The normalized spacial score (nSPS) is 21.0. The average molecular weight is 183 g/mol. The fourth-order valence-electron chi connectivity index (χ4n) is 1.74. The van der Waals surface area contributed by atoms with Gasteiger partial charge in [0.25, 0.3) is 0 Å². The van der Waals surface area contributed by atoms with Crippen molar-refractivity contribution in [1.82, 2.24) is 10.3 Å². The van der Waals surface area contributed by atoms with Crippen molar-refractivity contribution in [2.45, 2.75) is 18.9 Å². The van der Waals surface area contributed by atoms with Crippen LogP contribution in [0.15, 0.2) is 12.1 Å². The zero-order valence-electron chi connectivity index (χ0n) is 6.97. The summed E-state index contributed by atoms with van der Waals surface area (Å²) < 4.78 is 0. The van der Waals surface area contributed by atoms with Crippen molar-refractivity contribution in [1.29, 1.82) is 0 Å². The molecule has 1 N–H and O–H groups in total. The molecule has 2 rings (SSSR count). The fourth-order valence-corrected chi connectivity index (χ4v) is 1.90. The minimum atomic E-state index is 0.477. The zero-order chi connectivity index (χ0) is 8.55. The number of rotatable bonds is 1. The third kappa shape index (κ3) is 1.21. The van der Waals surface area contributed by atoms with Crippen LogP contribution in [-0.2, 0) is 6.42 Å². The first-order chi connectivity index (χ1) is 5.81. The Bertz CT molecular complexity index is 299. The molecule has 0 saturated carbocycles. The second kappa shape index (κ2) is 3.04. The standard InChI is InChI=1S/C9H11ClN2/c1-11-7-3-4-8-6(7)2-5-9(10)12-8/h2,5,7,11H,3-4H2,1H3. The summed E-state index contributed by atoms with van der Waals surface area (Å²) in [6.45, 7) is 0. The summed E-state index contributed by atoms with van der Waals surface area (Å²) >= 11 is 5.78. The summed E-state index contributed by atoms with van der Waals surface area (Å²) in [7, 11) is 1.98. The first kappa shape index (κ1) is 8.02. The number of nitrogens with one attached hydrogen (secondary N) is 1. The second-order valence-corrected chi connectivity index (χ2v) is 3.44. The average Bonchev–Trinajstić information content (AvgIpc) is 2.46. The Morgan fingerprint density at radius 3 is 3.17 bits per heavy atom. The lowest BCUT2D eigenvalue weighted by atomic mass is 10.1. The van der Waals surface area contributed by atoms with Crippen molar-refractivity contribution >= 4 is 11.6 Å². The van der Waals surface area contributed by atoms with Crippen LogP contribution in [0, 0.1) is 0 Å². The number of nitrogens with zero attached hydrogens (tertiary/aromatic N) is 1. The van der Waals surface area contributed by atoms with Crippen LogP contribution in [0.1, 0.15) is 23.7 Å². The lowest BCUT2D eigenvalue weighted by Gasteiger charge is -2.08. The minimum absolute atomic E-state index is 0.477. The molecular weight excluding hydrogens is 172 g/mol.